The van der Waals surface area contributed by atoms with Gasteiger partial charge < -0.3 is 24.5 Å². The third-order valence-corrected chi connectivity index (χ3v) is 4.06. The Labute approximate surface area is 177 Å². The Kier molecular flexibility index (Phi) is 10.3. The fourth-order valence-corrected chi connectivity index (χ4v) is 2.48. The van der Waals surface area contributed by atoms with Crippen LogP contribution in [0.3, 0.4) is 0 Å². The second-order valence-corrected chi connectivity index (χ2v) is 6.17. The van der Waals surface area contributed by atoms with E-state index in [1.807, 2.05) is 0 Å². The van der Waals surface area contributed by atoms with Gasteiger partial charge in [-0.2, -0.15) is 25.3 Å². The second-order valence-electron chi connectivity index (χ2n) is 5.44. The summed E-state index contributed by atoms with van der Waals surface area (Å²) in [5, 5.41) is 4.61. The highest BCUT2D eigenvalue weighted by atomic mass is 32.1. The van der Waals surface area contributed by atoms with Crippen molar-refractivity contribution in [2.24, 2.45) is 0 Å². The number of nitrogens with one attached hydrogen (secondary N) is 2. The number of amides is 2. The average Bonchev–Trinajstić information content (AvgIpc) is 2.69. The molecule has 29 heavy (non-hydrogen) atoms. The lowest BCUT2D eigenvalue weighted by Gasteiger charge is -2.16. The fraction of sp³-hybridized carbons (Fsp3) is 0.471. The van der Waals surface area contributed by atoms with Crippen LogP contribution in [0.5, 0.6) is 0 Å². The summed E-state index contributed by atoms with van der Waals surface area (Å²) in [5.74, 6) is -4.37. The Morgan fingerprint density at radius 3 is 1.59 bits per heavy atom. The Morgan fingerprint density at radius 2 is 1.28 bits per heavy atom. The maximum Gasteiger partial charge on any atom is 0.329 e. The van der Waals surface area contributed by atoms with Crippen molar-refractivity contribution in [2.75, 3.05) is 24.7 Å². The summed E-state index contributed by atoms with van der Waals surface area (Å²) in [5.41, 5.74) is -0.691. The van der Waals surface area contributed by atoms with Crippen molar-refractivity contribution >= 4 is 49.0 Å². The summed E-state index contributed by atoms with van der Waals surface area (Å²) in [6, 6.07) is -0.445. The van der Waals surface area contributed by atoms with Crippen LogP contribution in [-0.2, 0) is 19.1 Å². The average molecular weight is 447 g/mol. The molecule has 0 aliphatic heterocycles. The van der Waals surface area contributed by atoms with E-state index < -0.39 is 52.8 Å². The minimum absolute atomic E-state index is 0.0574. The van der Waals surface area contributed by atoms with Crippen molar-refractivity contribution in [3.8, 4) is 0 Å². The van der Waals surface area contributed by atoms with Gasteiger partial charge in [0.05, 0.1) is 13.2 Å². The van der Waals surface area contributed by atoms with Crippen LogP contribution in [0.4, 0.5) is 0 Å². The SMILES string of the molecule is CCOC(=O)C(CS)NC(=O)c1cc(=O)cc(C(=O)NC(CS)C(=O)OCC)o1. The van der Waals surface area contributed by atoms with Crippen molar-refractivity contribution < 1.29 is 33.1 Å². The van der Waals surface area contributed by atoms with Crippen LogP contribution < -0.4 is 16.1 Å². The van der Waals surface area contributed by atoms with Gasteiger partial charge in [0, 0.05) is 23.6 Å². The summed E-state index contributed by atoms with van der Waals surface area (Å²) in [6.07, 6.45) is 0. The Hall–Kier alpha value is -2.47. The molecule has 10 nitrogen and oxygen atoms in total. The minimum atomic E-state index is -1.08. The molecule has 0 saturated heterocycles. The molecule has 1 aromatic heterocycles. The lowest BCUT2D eigenvalue weighted by molar-refractivity contribution is -0.145. The standard InChI is InChI=1S/C17H22N2O8S2/c1-3-25-16(23)10(7-28)18-14(21)12-5-9(20)6-13(27-12)15(22)19-11(8-29)17(24)26-4-2/h5-6,10-11,28-29H,3-4,7-8H2,1-2H3,(H,18,21)(H,19,22). The van der Waals surface area contributed by atoms with Crippen LogP contribution in [0.15, 0.2) is 21.3 Å². The van der Waals surface area contributed by atoms with Crippen LogP contribution in [0.2, 0.25) is 0 Å². The lowest BCUT2D eigenvalue weighted by atomic mass is 10.2. The molecular formula is C17H22N2O8S2. The zero-order chi connectivity index (χ0) is 22.0. The van der Waals surface area contributed by atoms with Gasteiger partial charge in [-0.25, -0.2) is 9.59 Å². The van der Waals surface area contributed by atoms with Gasteiger partial charge >= 0.3 is 11.9 Å². The molecule has 12 heteroatoms. The van der Waals surface area contributed by atoms with Crippen LogP contribution >= 0.6 is 25.3 Å². The van der Waals surface area contributed by atoms with E-state index in [0.29, 0.717) is 0 Å². The summed E-state index contributed by atoms with van der Waals surface area (Å²) in [4.78, 5) is 60.0. The summed E-state index contributed by atoms with van der Waals surface area (Å²) in [7, 11) is 0. The predicted molar refractivity (Wildman–Crippen MR) is 108 cm³/mol. The van der Waals surface area contributed by atoms with Gasteiger partial charge in [0.15, 0.2) is 16.9 Å². The van der Waals surface area contributed by atoms with E-state index in [2.05, 4.69) is 35.9 Å². The summed E-state index contributed by atoms with van der Waals surface area (Å²) in [6.45, 7) is 3.42. The first-order valence-corrected chi connectivity index (χ1v) is 9.85. The second kappa shape index (κ2) is 12.2. The van der Waals surface area contributed by atoms with E-state index >= 15 is 0 Å². The molecular weight excluding hydrogens is 424 g/mol. The van der Waals surface area contributed by atoms with Gasteiger partial charge in [-0.05, 0) is 13.8 Å². The molecule has 1 heterocycles. The smallest absolute Gasteiger partial charge is 0.329 e. The normalized spacial score (nSPS) is 12.4. The number of thiol groups is 2. The molecule has 0 spiro atoms. The number of carbonyl (C=O) groups is 4. The topological polar surface area (TPSA) is 141 Å². The number of carbonyl (C=O) groups excluding carboxylic acids is 4. The molecule has 0 aromatic carbocycles. The van der Waals surface area contributed by atoms with Crippen LogP contribution in [0.25, 0.3) is 0 Å². The van der Waals surface area contributed by atoms with Crippen molar-refractivity contribution in [3.63, 3.8) is 0 Å². The van der Waals surface area contributed by atoms with E-state index in [9.17, 15) is 24.0 Å². The zero-order valence-electron chi connectivity index (χ0n) is 15.8. The van der Waals surface area contributed by atoms with Crippen molar-refractivity contribution in [1.82, 2.24) is 10.6 Å². The number of rotatable bonds is 10. The van der Waals surface area contributed by atoms with E-state index in [-0.39, 0.29) is 24.7 Å². The highest BCUT2D eigenvalue weighted by Crippen LogP contribution is 2.05. The van der Waals surface area contributed by atoms with Gasteiger partial charge in [-0.1, -0.05) is 0 Å². The molecule has 1 aromatic rings. The van der Waals surface area contributed by atoms with Crippen molar-refractivity contribution in [2.45, 2.75) is 25.9 Å². The maximum absolute atomic E-state index is 12.3. The van der Waals surface area contributed by atoms with Gasteiger partial charge in [0.25, 0.3) is 11.8 Å². The first-order valence-electron chi connectivity index (χ1n) is 8.59. The number of hydrogen-bond donors (Lipinski definition) is 4. The van der Waals surface area contributed by atoms with Crippen LogP contribution in [0, 0.1) is 0 Å². The number of ether oxygens (including phenoxy) is 2. The molecule has 160 valence electrons. The zero-order valence-corrected chi connectivity index (χ0v) is 17.6. The lowest BCUT2D eigenvalue weighted by Crippen LogP contribution is -2.44. The first kappa shape index (κ1) is 24.6. The summed E-state index contributed by atoms with van der Waals surface area (Å²) < 4.78 is 14.8. The minimum Gasteiger partial charge on any atom is -0.464 e. The largest absolute Gasteiger partial charge is 0.464 e. The van der Waals surface area contributed by atoms with Gasteiger partial charge in [0.2, 0.25) is 0 Å². The highest BCUT2D eigenvalue weighted by molar-refractivity contribution is 7.80. The molecule has 0 bridgehead atoms. The van der Waals surface area contributed by atoms with Gasteiger partial charge in [-0.15, -0.1) is 0 Å². The summed E-state index contributed by atoms with van der Waals surface area (Å²) >= 11 is 7.94. The van der Waals surface area contributed by atoms with Crippen LogP contribution in [-0.4, -0.2) is 60.6 Å². The maximum atomic E-state index is 12.3. The predicted octanol–water partition coefficient (Wildman–Crippen LogP) is -0.178. The number of esters is 2. The molecule has 2 unspecified atom stereocenters. The highest BCUT2D eigenvalue weighted by Gasteiger charge is 2.25. The fourth-order valence-electron chi connectivity index (χ4n) is 2.00. The van der Waals surface area contributed by atoms with Gasteiger partial charge in [-0.3, -0.25) is 14.4 Å². The Morgan fingerprint density at radius 1 is 0.897 bits per heavy atom. The van der Waals surface area contributed by atoms with Crippen LogP contribution in [0.1, 0.15) is 35.0 Å². The third kappa shape index (κ3) is 7.46. The molecule has 0 fully saturated rings. The monoisotopic (exact) mass is 446 g/mol. The van der Waals surface area contributed by atoms with Crippen molar-refractivity contribution in [3.05, 3.63) is 33.9 Å². The molecule has 2 atom stereocenters. The van der Waals surface area contributed by atoms with E-state index in [0.717, 1.165) is 12.1 Å². The van der Waals surface area contributed by atoms with E-state index in [1.165, 1.54) is 0 Å². The molecule has 0 aliphatic rings. The molecule has 2 N–H and O–H groups in total. The first-order chi connectivity index (χ1) is 13.8. The number of hydrogen-bond acceptors (Lipinski definition) is 10. The van der Waals surface area contributed by atoms with E-state index in [4.69, 9.17) is 13.9 Å². The Balaban J connectivity index is 3.00. The van der Waals surface area contributed by atoms with E-state index in [1.54, 1.807) is 13.8 Å². The Bertz CT molecular complexity index is 750. The van der Waals surface area contributed by atoms with Crippen molar-refractivity contribution in [1.29, 1.82) is 0 Å². The molecule has 0 radical (unpaired) electrons. The molecule has 1 rings (SSSR count). The van der Waals surface area contributed by atoms with Gasteiger partial charge in [0.1, 0.15) is 12.1 Å². The molecule has 0 aliphatic carbocycles. The molecule has 0 saturated carbocycles. The molecule has 2 amide bonds. The third-order valence-electron chi connectivity index (χ3n) is 3.33. The quantitative estimate of drug-likeness (QED) is 0.287.